The zero-order chi connectivity index (χ0) is 18.2. The Hall–Kier alpha value is -0.910. The quantitative estimate of drug-likeness (QED) is 0.642. The number of halogens is 1. The highest BCUT2D eigenvalue weighted by atomic mass is 35.5. The number of carbonyl (C=O) groups is 1. The average molecular weight is 385 g/mol. The SMILES string of the molecule is CN(C)CCSCC1CCC(N(C)C(=O)Oc2ccc(Cl)cc2)CC1. The molecule has 1 aliphatic rings. The van der Waals surface area contributed by atoms with Gasteiger partial charge in [-0.05, 0) is 75.7 Å². The third kappa shape index (κ3) is 7.08. The van der Waals surface area contributed by atoms with Gasteiger partial charge in [0.25, 0.3) is 0 Å². The molecule has 0 saturated heterocycles. The van der Waals surface area contributed by atoms with Crippen molar-refractivity contribution in [2.45, 2.75) is 31.7 Å². The largest absolute Gasteiger partial charge is 0.415 e. The Bertz CT molecular complexity index is 531. The van der Waals surface area contributed by atoms with Gasteiger partial charge in [-0.25, -0.2) is 4.79 Å². The molecule has 0 unspecified atom stereocenters. The van der Waals surface area contributed by atoms with Crippen LogP contribution in [0.15, 0.2) is 24.3 Å². The van der Waals surface area contributed by atoms with Crippen molar-refractivity contribution in [1.29, 1.82) is 0 Å². The van der Waals surface area contributed by atoms with E-state index in [0.29, 0.717) is 10.8 Å². The summed E-state index contributed by atoms with van der Waals surface area (Å²) < 4.78 is 5.43. The predicted molar refractivity (Wildman–Crippen MR) is 107 cm³/mol. The number of ether oxygens (including phenoxy) is 1. The lowest BCUT2D eigenvalue weighted by atomic mass is 9.87. The van der Waals surface area contributed by atoms with Crippen molar-refractivity contribution in [3.63, 3.8) is 0 Å². The second kappa shape index (κ2) is 10.3. The molecular formula is C19H29ClN2O2S. The number of nitrogens with zero attached hydrogens (tertiary/aromatic N) is 2. The van der Waals surface area contributed by atoms with E-state index in [1.165, 1.54) is 24.3 Å². The van der Waals surface area contributed by atoms with Gasteiger partial charge in [0, 0.05) is 30.4 Å². The highest BCUT2D eigenvalue weighted by Gasteiger charge is 2.27. The molecule has 6 heteroatoms. The molecule has 4 nitrogen and oxygen atoms in total. The van der Waals surface area contributed by atoms with Crippen LogP contribution in [0.25, 0.3) is 0 Å². The molecule has 1 saturated carbocycles. The van der Waals surface area contributed by atoms with E-state index in [0.717, 1.165) is 25.3 Å². The van der Waals surface area contributed by atoms with Crippen molar-refractivity contribution in [2.75, 3.05) is 39.2 Å². The Labute approximate surface area is 160 Å². The highest BCUT2D eigenvalue weighted by Crippen LogP contribution is 2.30. The molecule has 0 N–H and O–H groups in total. The Kier molecular flexibility index (Phi) is 8.40. The first-order valence-corrected chi connectivity index (χ1v) is 10.4. The van der Waals surface area contributed by atoms with E-state index in [1.807, 2.05) is 18.8 Å². The summed E-state index contributed by atoms with van der Waals surface area (Å²) in [5.74, 6) is 3.75. The molecule has 0 bridgehead atoms. The monoisotopic (exact) mass is 384 g/mol. The molecule has 0 spiro atoms. The van der Waals surface area contributed by atoms with Crippen LogP contribution in [0.3, 0.4) is 0 Å². The molecule has 0 radical (unpaired) electrons. The second-order valence-electron chi connectivity index (χ2n) is 6.99. The van der Waals surface area contributed by atoms with E-state index in [4.69, 9.17) is 16.3 Å². The third-order valence-electron chi connectivity index (χ3n) is 4.71. The Morgan fingerprint density at radius 1 is 1.16 bits per heavy atom. The molecule has 140 valence electrons. The molecule has 1 fully saturated rings. The minimum Gasteiger partial charge on any atom is -0.410 e. The van der Waals surface area contributed by atoms with E-state index >= 15 is 0 Å². The van der Waals surface area contributed by atoms with Crippen molar-refractivity contribution in [3.8, 4) is 5.75 Å². The lowest BCUT2D eigenvalue weighted by molar-refractivity contribution is 0.127. The maximum atomic E-state index is 12.3. The van der Waals surface area contributed by atoms with E-state index in [2.05, 4.69) is 19.0 Å². The van der Waals surface area contributed by atoms with Crippen molar-refractivity contribution >= 4 is 29.5 Å². The fourth-order valence-corrected chi connectivity index (χ4v) is 4.47. The normalized spacial score (nSPS) is 20.5. The second-order valence-corrected chi connectivity index (χ2v) is 8.57. The van der Waals surface area contributed by atoms with Crippen LogP contribution in [0.1, 0.15) is 25.7 Å². The molecule has 1 amide bonds. The maximum Gasteiger partial charge on any atom is 0.415 e. The maximum absolute atomic E-state index is 12.3. The van der Waals surface area contributed by atoms with Gasteiger partial charge in [0.1, 0.15) is 5.75 Å². The summed E-state index contributed by atoms with van der Waals surface area (Å²) in [6.07, 6.45) is 4.22. The molecule has 1 aliphatic carbocycles. The molecule has 1 aromatic carbocycles. The lowest BCUT2D eigenvalue weighted by Crippen LogP contribution is -2.41. The number of thioether (sulfide) groups is 1. The topological polar surface area (TPSA) is 32.8 Å². The Morgan fingerprint density at radius 2 is 1.80 bits per heavy atom. The molecule has 0 aromatic heterocycles. The summed E-state index contributed by atoms with van der Waals surface area (Å²) in [4.78, 5) is 16.3. The van der Waals surface area contributed by atoms with E-state index in [1.54, 1.807) is 29.2 Å². The van der Waals surface area contributed by atoms with Gasteiger partial charge >= 0.3 is 6.09 Å². The minimum atomic E-state index is -0.286. The van der Waals surface area contributed by atoms with E-state index in [-0.39, 0.29) is 12.1 Å². The lowest BCUT2D eigenvalue weighted by Gasteiger charge is -2.34. The van der Waals surface area contributed by atoms with E-state index < -0.39 is 0 Å². The zero-order valence-electron chi connectivity index (χ0n) is 15.4. The predicted octanol–water partition coefficient (Wildman–Crippen LogP) is 4.62. The number of hydrogen-bond donors (Lipinski definition) is 0. The number of benzene rings is 1. The molecule has 0 heterocycles. The Morgan fingerprint density at radius 3 is 2.40 bits per heavy atom. The molecule has 2 rings (SSSR count). The average Bonchev–Trinajstić information content (AvgIpc) is 2.60. The van der Waals surface area contributed by atoms with Crippen LogP contribution in [0.2, 0.25) is 5.02 Å². The van der Waals surface area contributed by atoms with Crippen LogP contribution in [-0.4, -0.2) is 61.1 Å². The number of amides is 1. The van der Waals surface area contributed by atoms with Crippen LogP contribution >= 0.6 is 23.4 Å². The zero-order valence-corrected chi connectivity index (χ0v) is 17.0. The van der Waals surface area contributed by atoms with Gasteiger partial charge in [-0.15, -0.1) is 0 Å². The van der Waals surface area contributed by atoms with Crippen LogP contribution in [-0.2, 0) is 0 Å². The summed E-state index contributed by atoms with van der Waals surface area (Å²) in [6, 6.07) is 7.17. The minimum absolute atomic E-state index is 0.280. The third-order valence-corrected chi connectivity index (χ3v) is 6.14. The van der Waals surface area contributed by atoms with Gasteiger partial charge in [0.2, 0.25) is 0 Å². The van der Waals surface area contributed by atoms with Gasteiger partial charge in [0.05, 0.1) is 0 Å². The number of rotatable bonds is 7. The summed E-state index contributed by atoms with van der Waals surface area (Å²) in [7, 11) is 6.07. The fraction of sp³-hybridized carbons (Fsp3) is 0.632. The first kappa shape index (κ1) is 20.4. The smallest absolute Gasteiger partial charge is 0.410 e. The van der Waals surface area contributed by atoms with Gasteiger partial charge in [-0.1, -0.05) is 11.6 Å². The van der Waals surface area contributed by atoms with Crippen LogP contribution in [0.5, 0.6) is 5.75 Å². The van der Waals surface area contributed by atoms with Crippen molar-refractivity contribution in [1.82, 2.24) is 9.80 Å². The number of carbonyl (C=O) groups excluding carboxylic acids is 1. The summed E-state index contributed by atoms with van der Waals surface area (Å²) in [5, 5.41) is 0.634. The number of hydrogen-bond acceptors (Lipinski definition) is 4. The van der Waals surface area contributed by atoms with Gasteiger partial charge in [-0.2, -0.15) is 11.8 Å². The first-order chi connectivity index (χ1) is 12.0. The van der Waals surface area contributed by atoms with Crippen LogP contribution in [0, 0.1) is 5.92 Å². The van der Waals surface area contributed by atoms with Gasteiger partial charge in [0.15, 0.2) is 0 Å². The molecular weight excluding hydrogens is 356 g/mol. The standard InChI is InChI=1S/C19H29ClN2O2S/c1-21(2)12-13-25-14-15-4-8-17(9-5-15)22(3)19(23)24-18-10-6-16(20)7-11-18/h6-7,10-11,15,17H,4-5,8-9,12-14H2,1-3H3. The molecule has 0 aliphatic heterocycles. The fourth-order valence-electron chi connectivity index (χ4n) is 3.02. The first-order valence-electron chi connectivity index (χ1n) is 8.88. The van der Waals surface area contributed by atoms with E-state index in [9.17, 15) is 4.79 Å². The van der Waals surface area contributed by atoms with Gasteiger partial charge < -0.3 is 14.5 Å². The van der Waals surface area contributed by atoms with Crippen LogP contribution in [0.4, 0.5) is 4.79 Å². The summed E-state index contributed by atoms with van der Waals surface area (Å²) in [6.45, 7) is 1.14. The Balaban J connectivity index is 1.70. The van der Waals surface area contributed by atoms with Crippen LogP contribution < -0.4 is 4.74 Å². The van der Waals surface area contributed by atoms with Crippen molar-refractivity contribution < 1.29 is 9.53 Å². The van der Waals surface area contributed by atoms with Crippen molar-refractivity contribution in [2.24, 2.45) is 5.92 Å². The summed E-state index contributed by atoms with van der Waals surface area (Å²) >= 11 is 7.90. The van der Waals surface area contributed by atoms with Gasteiger partial charge in [-0.3, -0.25) is 0 Å². The molecule has 1 aromatic rings. The highest BCUT2D eigenvalue weighted by molar-refractivity contribution is 7.99. The molecule has 25 heavy (non-hydrogen) atoms. The van der Waals surface area contributed by atoms with Crippen molar-refractivity contribution in [3.05, 3.63) is 29.3 Å². The summed E-state index contributed by atoms with van der Waals surface area (Å²) in [5.41, 5.74) is 0. The molecule has 0 atom stereocenters.